The van der Waals surface area contributed by atoms with Crippen molar-refractivity contribution in [1.29, 1.82) is 0 Å². The Balaban J connectivity index is 0.000000536. The Kier molecular flexibility index (Phi) is 15.4. The number of carbonyl (C=O) groups is 4. The summed E-state index contributed by atoms with van der Waals surface area (Å²) in [5.74, 6) is -0.321. The monoisotopic (exact) mass is 796 g/mol. The fraction of sp³-hybridized carbons (Fsp3) is 0.350. The SMILES string of the molecule is CC.CCn1nc(C)cc1C(=O)Nc1nc2cc(C(N)=O)ccc2n1C/C=C/Cn1c(NC)nc2cc(C(N)=O)cc(OCCCO)c21.CCn1nc(C)cc1C=O. The van der Waals surface area contributed by atoms with E-state index in [1.165, 1.54) is 0 Å². The second-order valence-electron chi connectivity index (χ2n) is 12.6. The van der Waals surface area contributed by atoms with Crippen molar-refractivity contribution in [2.24, 2.45) is 11.5 Å². The molecule has 0 fully saturated rings. The van der Waals surface area contributed by atoms with Gasteiger partial charge in [0.1, 0.15) is 22.7 Å². The molecule has 6 rings (SSSR count). The summed E-state index contributed by atoms with van der Waals surface area (Å²) in [5, 5.41) is 23.7. The summed E-state index contributed by atoms with van der Waals surface area (Å²) in [6, 6.07) is 11.6. The number of ether oxygens (including phenoxy) is 1. The molecule has 18 heteroatoms. The van der Waals surface area contributed by atoms with Gasteiger partial charge in [-0.3, -0.25) is 33.9 Å². The summed E-state index contributed by atoms with van der Waals surface area (Å²) in [7, 11) is 1.74. The lowest BCUT2D eigenvalue weighted by atomic mass is 10.1. The molecule has 0 bridgehead atoms. The number of aldehydes is 1. The molecule has 0 atom stereocenters. The number of benzene rings is 2. The molecule has 58 heavy (non-hydrogen) atoms. The highest BCUT2D eigenvalue weighted by molar-refractivity contribution is 6.03. The highest BCUT2D eigenvalue weighted by atomic mass is 16.5. The van der Waals surface area contributed by atoms with E-state index in [2.05, 4.69) is 30.8 Å². The third kappa shape index (κ3) is 10.1. The van der Waals surface area contributed by atoms with Gasteiger partial charge in [-0.05, 0) is 70.2 Å². The molecular formula is C40H52N12O6. The van der Waals surface area contributed by atoms with E-state index < -0.39 is 11.8 Å². The number of aliphatic hydroxyl groups excluding tert-OH is 1. The Morgan fingerprint density at radius 3 is 2.05 bits per heavy atom. The molecule has 0 aliphatic rings. The molecule has 7 N–H and O–H groups in total. The van der Waals surface area contributed by atoms with Crippen LogP contribution >= 0.6 is 0 Å². The average Bonchev–Trinajstić information content (AvgIpc) is 3.98. The minimum Gasteiger partial charge on any atom is -0.491 e. The number of hydrogen-bond donors (Lipinski definition) is 5. The zero-order valence-electron chi connectivity index (χ0n) is 33.9. The second kappa shape index (κ2) is 20.4. The molecule has 308 valence electrons. The fourth-order valence-electron chi connectivity index (χ4n) is 6.07. The number of carbonyl (C=O) groups excluding carboxylic acids is 4. The number of nitrogens with zero attached hydrogens (tertiary/aromatic N) is 8. The van der Waals surface area contributed by atoms with Crippen LogP contribution in [0.5, 0.6) is 5.75 Å². The van der Waals surface area contributed by atoms with Gasteiger partial charge in [0.05, 0.1) is 34.5 Å². The summed E-state index contributed by atoms with van der Waals surface area (Å²) in [4.78, 5) is 56.7. The summed E-state index contributed by atoms with van der Waals surface area (Å²) >= 11 is 0. The van der Waals surface area contributed by atoms with Gasteiger partial charge in [-0.2, -0.15) is 10.2 Å². The molecule has 0 aliphatic heterocycles. The van der Waals surface area contributed by atoms with Crippen LogP contribution in [0.25, 0.3) is 22.1 Å². The minimum atomic E-state index is -0.609. The van der Waals surface area contributed by atoms with E-state index >= 15 is 0 Å². The van der Waals surface area contributed by atoms with Crippen molar-refractivity contribution < 1.29 is 29.0 Å². The Morgan fingerprint density at radius 2 is 1.45 bits per heavy atom. The first kappa shape index (κ1) is 43.9. The van der Waals surface area contributed by atoms with Gasteiger partial charge in [0, 0.05) is 57.4 Å². The number of nitrogens with two attached hydrogens (primary N) is 2. The third-order valence-electron chi connectivity index (χ3n) is 8.66. The number of rotatable bonds is 16. The van der Waals surface area contributed by atoms with Crippen molar-refractivity contribution in [3.8, 4) is 5.75 Å². The van der Waals surface area contributed by atoms with E-state index in [9.17, 15) is 24.3 Å². The zero-order valence-corrected chi connectivity index (χ0v) is 33.9. The number of nitrogens with one attached hydrogen (secondary N) is 2. The topological polar surface area (TPSA) is 245 Å². The Bertz CT molecular complexity index is 2420. The van der Waals surface area contributed by atoms with E-state index in [4.69, 9.17) is 16.2 Å². The van der Waals surface area contributed by atoms with Crippen LogP contribution in [0, 0.1) is 13.8 Å². The summed E-state index contributed by atoms with van der Waals surface area (Å²) in [6.07, 6.45) is 5.07. The maximum Gasteiger partial charge on any atom is 0.276 e. The number of aromatic nitrogens is 8. The van der Waals surface area contributed by atoms with Crippen LogP contribution in [0.2, 0.25) is 0 Å². The van der Waals surface area contributed by atoms with Gasteiger partial charge >= 0.3 is 0 Å². The predicted molar refractivity (Wildman–Crippen MR) is 222 cm³/mol. The van der Waals surface area contributed by atoms with Crippen molar-refractivity contribution in [1.82, 2.24) is 38.7 Å². The third-order valence-corrected chi connectivity index (χ3v) is 8.66. The van der Waals surface area contributed by atoms with Gasteiger partial charge in [0.15, 0.2) is 6.29 Å². The normalized spacial score (nSPS) is 10.9. The number of allylic oxidation sites excluding steroid dienone is 2. The number of aliphatic hydroxyl groups is 1. The maximum absolute atomic E-state index is 13.3. The van der Waals surface area contributed by atoms with Crippen molar-refractivity contribution >= 4 is 58.0 Å². The van der Waals surface area contributed by atoms with E-state index in [1.807, 2.05) is 62.8 Å². The lowest BCUT2D eigenvalue weighted by molar-refractivity contribution is 0.0992. The quantitative estimate of drug-likeness (QED) is 0.0520. The van der Waals surface area contributed by atoms with Crippen LogP contribution in [0.1, 0.15) is 87.2 Å². The standard InChI is InChI=1S/C31H36N10O5.C7H10N2O.C2H6/c1-4-41-24(14-18(2)38-41)29(45)37-31-35-21-15-19(27(32)43)8-9-23(21)39(31)10-5-6-11-40-26-22(36-30(40)34-3)16-20(28(33)44)17-25(26)46-13-7-12-42;1-3-9-7(5-10)4-6(2)8-9;1-2/h5-6,8-9,14-17,42H,4,7,10-13H2,1-3H3,(H2,32,43)(H2,33,44)(H,34,36)(H,35,37,45);4-5H,3H2,1-2H3;1-2H3/b6-5+;;. The number of primary amides is 2. The fourth-order valence-corrected chi connectivity index (χ4v) is 6.07. The number of aryl methyl sites for hydroxylation is 4. The lowest BCUT2D eigenvalue weighted by Crippen LogP contribution is -2.19. The van der Waals surface area contributed by atoms with E-state index in [1.54, 1.807) is 58.9 Å². The average molecular weight is 797 g/mol. The van der Waals surface area contributed by atoms with Crippen LogP contribution < -0.4 is 26.8 Å². The first-order valence-electron chi connectivity index (χ1n) is 19.0. The second-order valence-corrected chi connectivity index (χ2v) is 12.6. The van der Waals surface area contributed by atoms with E-state index in [-0.39, 0.29) is 30.6 Å². The van der Waals surface area contributed by atoms with Gasteiger partial charge in [0.25, 0.3) is 5.91 Å². The van der Waals surface area contributed by atoms with Crippen LogP contribution in [-0.2, 0) is 26.2 Å². The van der Waals surface area contributed by atoms with Gasteiger partial charge < -0.3 is 35.8 Å². The minimum absolute atomic E-state index is 0.0421. The largest absolute Gasteiger partial charge is 0.491 e. The summed E-state index contributed by atoms with van der Waals surface area (Å²) < 4.78 is 12.9. The lowest BCUT2D eigenvalue weighted by Gasteiger charge is -2.12. The molecule has 4 heterocycles. The van der Waals surface area contributed by atoms with Crippen LogP contribution in [0.3, 0.4) is 0 Å². The van der Waals surface area contributed by atoms with Crippen LogP contribution in [0.4, 0.5) is 11.9 Å². The molecule has 6 aromatic rings. The Hall–Kier alpha value is -6.82. The highest BCUT2D eigenvalue weighted by Gasteiger charge is 2.20. The van der Waals surface area contributed by atoms with Crippen LogP contribution in [0.15, 0.2) is 54.6 Å². The molecule has 2 aromatic carbocycles. The number of hydrogen-bond acceptors (Lipinski definition) is 11. The first-order valence-corrected chi connectivity index (χ1v) is 19.0. The molecule has 18 nitrogen and oxygen atoms in total. The summed E-state index contributed by atoms with van der Waals surface area (Å²) in [6.45, 7) is 13.7. The highest BCUT2D eigenvalue weighted by Crippen LogP contribution is 2.31. The molecule has 0 radical (unpaired) electrons. The van der Waals surface area contributed by atoms with Gasteiger partial charge in [-0.25, -0.2) is 9.97 Å². The molecular weight excluding hydrogens is 745 g/mol. The van der Waals surface area contributed by atoms with Gasteiger partial charge in [-0.15, -0.1) is 0 Å². The number of imidazole rings is 2. The smallest absolute Gasteiger partial charge is 0.276 e. The number of amides is 3. The summed E-state index contributed by atoms with van der Waals surface area (Å²) in [5.41, 5.74) is 16.6. The first-order chi connectivity index (χ1) is 27.9. The Morgan fingerprint density at radius 1 is 0.828 bits per heavy atom. The van der Waals surface area contributed by atoms with E-state index in [0.29, 0.717) is 76.8 Å². The van der Waals surface area contributed by atoms with Crippen molar-refractivity contribution in [2.45, 2.75) is 74.1 Å². The molecule has 4 aromatic heterocycles. The van der Waals surface area contributed by atoms with Crippen LogP contribution in [-0.4, -0.2) is 88.0 Å². The van der Waals surface area contributed by atoms with Gasteiger partial charge in [-0.1, -0.05) is 26.0 Å². The molecule has 3 amide bonds. The molecule has 0 aliphatic carbocycles. The predicted octanol–water partition coefficient (Wildman–Crippen LogP) is 4.47. The van der Waals surface area contributed by atoms with Crippen molar-refractivity contribution in [3.05, 3.63) is 88.5 Å². The molecule has 0 unspecified atom stereocenters. The number of fused-ring (bicyclic) bond motifs is 2. The zero-order chi connectivity index (χ0) is 42.5. The van der Waals surface area contributed by atoms with Crippen molar-refractivity contribution in [3.63, 3.8) is 0 Å². The van der Waals surface area contributed by atoms with Crippen molar-refractivity contribution in [2.75, 3.05) is 30.9 Å². The number of anilines is 2. The van der Waals surface area contributed by atoms with Gasteiger partial charge in [0.2, 0.25) is 23.7 Å². The molecule has 0 spiro atoms. The van der Waals surface area contributed by atoms with E-state index in [0.717, 1.165) is 24.2 Å². The maximum atomic E-state index is 13.3. The Labute approximate surface area is 335 Å². The molecule has 0 saturated heterocycles. The molecule has 0 saturated carbocycles.